The molecule has 5 nitrogen and oxygen atoms in total. The Morgan fingerprint density at radius 1 is 1.56 bits per heavy atom. The number of carbonyl (C=O) groups is 1. The second-order valence-corrected chi connectivity index (χ2v) is 4.06. The first-order chi connectivity index (χ1) is 7.78. The number of oxazole rings is 1. The molecule has 0 unspecified atom stereocenters. The van der Waals surface area contributed by atoms with Gasteiger partial charge in [0.05, 0.1) is 17.5 Å². The van der Waals surface area contributed by atoms with Gasteiger partial charge in [-0.3, -0.25) is 9.48 Å². The van der Waals surface area contributed by atoms with Crippen LogP contribution in [0.5, 0.6) is 0 Å². The van der Waals surface area contributed by atoms with Crippen LogP contribution in [0.25, 0.3) is 11.5 Å². The summed E-state index contributed by atoms with van der Waals surface area (Å²) in [4.78, 5) is 15.2. The van der Waals surface area contributed by atoms with Gasteiger partial charge in [0.15, 0.2) is 12.0 Å². The van der Waals surface area contributed by atoms with Gasteiger partial charge >= 0.3 is 0 Å². The van der Waals surface area contributed by atoms with Crippen LogP contribution in [0.1, 0.15) is 35.0 Å². The lowest BCUT2D eigenvalue weighted by Gasteiger charge is -1.86. The Hall–Kier alpha value is -1.91. The Labute approximate surface area is 92.1 Å². The summed E-state index contributed by atoms with van der Waals surface area (Å²) in [6.07, 6.45) is 6.43. The molecule has 0 amide bonds. The van der Waals surface area contributed by atoms with Gasteiger partial charge in [-0.15, -0.1) is 0 Å². The maximum Gasteiger partial charge on any atom is 0.230 e. The van der Waals surface area contributed by atoms with Crippen LogP contribution in [-0.2, 0) is 7.05 Å². The van der Waals surface area contributed by atoms with Crippen molar-refractivity contribution in [2.45, 2.75) is 18.8 Å². The van der Waals surface area contributed by atoms with Crippen molar-refractivity contribution >= 4 is 6.29 Å². The van der Waals surface area contributed by atoms with E-state index in [9.17, 15) is 4.79 Å². The summed E-state index contributed by atoms with van der Waals surface area (Å²) in [5, 5.41) is 4.05. The number of nitrogens with zero attached hydrogens (tertiary/aromatic N) is 3. The lowest BCUT2D eigenvalue weighted by atomic mass is 10.2. The molecule has 0 radical (unpaired) electrons. The molecular formula is C11H11N3O2. The maximum absolute atomic E-state index is 10.9. The molecule has 0 aromatic carbocycles. The molecule has 1 aliphatic carbocycles. The number of rotatable bonds is 3. The Morgan fingerprint density at radius 2 is 2.38 bits per heavy atom. The minimum absolute atomic E-state index is 0.362. The van der Waals surface area contributed by atoms with Crippen LogP contribution < -0.4 is 0 Å². The number of carbonyl (C=O) groups excluding carboxylic acids is 1. The van der Waals surface area contributed by atoms with Crippen LogP contribution in [0.3, 0.4) is 0 Å². The molecule has 2 heterocycles. The standard InChI is InChI=1S/C11H11N3O2/c1-14-5-8(4-12-14)11-13-10(7-2-3-7)9(6-15)16-11/h4-7H,2-3H2,1H3. The molecule has 16 heavy (non-hydrogen) atoms. The molecule has 0 atom stereocenters. The molecule has 0 spiro atoms. The summed E-state index contributed by atoms with van der Waals surface area (Å²) in [5.74, 6) is 1.26. The van der Waals surface area contributed by atoms with Crippen molar-refractivity contribution in [3.8, 4) is 11.5 Å². The fourth-order valence-electron chi connectivity index (χ4n) is 1.73. The summed E-state index contributed by atoms with van der Waals surface area (Å²) in [5.41, 5.74) is 1.60. The fourth-order valence-corrected chi connectivity index (χ4v) is 1.73. The molecule has 2 aromatic rings. The van der Waals surface area contributed by atoms with E-state index >= 15 is 0 Å². The highest BCUT2D eigenvalue weighted by molar-refractivity contribution is 5.74. The largest absolute Gasteiger partial charge is 0.433 e. The number of aromatic nitrogens is 3. The highest BCUT2D eigenvalue weighted by Crippen LogP contribution is 2.41. The van der Waals surface area contributed by atoms with E-state index in [4.69, 9.17) is 4.42 Å². The summed E-state index contributed by atoms with van der Waals surface area (Å²) in [6.45, 7) is 0. The summed E-state index contributed by atoms with van der Waals surface area (Å²) < 4.78 is 7.11. The molecule has 1 saturated carbocycles. The lowest BCUT2D eigenvalue weighted by molar-refractivity contribution is 0.110. The smallest absolute Gasteiger partial charge is 0.230 e. The molecule has 5 heteroatoms. The van der Waals surface area contributed by atoms with Gasteiger partial charge in [0.25, 0.3) is 0 Å². The average molecular weight is 217 g/mol. The lowest BCUT2D eigenvalue weighted by Crippen LogP contribution is -1.85. The predicted octanol–water partition coefficient (Wildman–Crippen LogP) is 1.76. The molecule has 0 saturated heterocycles. The zero-order chi connectivity index (χ0) is 11.1. The Bertz CT molecular complexity index is 537. The highest BCUT2D eigenvalue weighted by Gasteiger charge is 2.31. The zero-order valence-corrected chi connectivity index (χ0v) is 8.88. The molecule has 1 fully saturated rings. The molecule has 82 valence electrons. The van der Waals surface area contributed by atoms with E-state index in [2.05, 4.69) is 10.1 Å². The van der Waals surface area contributed by atoms with E-state index in [0.29, 0.717) is 17.6 Å². The molecular weight excluding hydrogens is 206 g/mol. The highest BCUT2D eigenvalue weighted by atomic mass is 16.4. The van der Waals surface area contributed by atoms with E-state index in [1.54, 1.807) is 10.9 Å². The third-order valence-electron chi connectivity index (χ3n) is 2.70. The van der Waals surface area contributed by atoms with Gasteiger partial charge in [-0.1, -0.05) is 0 Å². The van der Waals surface area contributed by atoms with E-state index in [1.165, 1.54) is 0 Å². The van der Waals surface area contributed by atoms with Gasteiger partial charge in [0, 0.05) is 19.2 Å². The first kappa shape index (κ1) is 9.33. The van der Waals surface area contributed by atoms with Crippen LogP contribution in [0.2, 0.25) is 0 Å². The SMILES string of the molecule is Cn1cc(-c2nc(C3CC3)c(C=O)o2)cn1. The third-order valence-corrected chi connectivity index (χ3v) is 2.70. The second kappa shape index (κ2) is 3.30. The van der Waals surface area contributed by atoms with Crippen LogP contribution in [0, 0.1) is 0 Å². The number of aryl methyl sites for hydroxylation is 1. The van der Waals surface area contributed by atoms with E-state index in [1.807, 2.05) is 13.2 Å². The van der Waals surface area contributed by atoms with Crippen LogP contribution in [0.4, 0.5) is 0 Å². The number of hydrogen-bond acceptors (Lipinski definition) is 4. The maximum atomic E-state index is 10.9. The van der Waals surface area contributed by atoms with Crippen molar-refractivity contribution in [2.24, 2.45) is 7.05 Å². The van der Waals surface area contributed by atoms with Crippen molar-refractivity contribution in [1.29, 1.82) is 0 Å². The van der Waals surface area contributed by atoms with Crippen molar-refractivity contribution in [2.75, 3.05) is 0 Å². The average Bonchev–Trinajstić information content (AvgIpc) is 2.88. The van der Waals surface area contributed by atoms with Gasteiger partial charge < -0.3 is 4.42 Å². The minimum atomic E-state index is 0.362. The molecule has 0 aliphatic heterocycles. The van der Waals surface area contributed by atoms with Crippen molar-refractivity contribution in [1.82, 2.24) is 14.8 Å². The molecule has 2 aromatic heterocycles. The van der Waals surface area contributed by atoms with Gasteiger partial charge in [-0.25, -0.2) is 4.98 Å². The molecule has 3 rings (SSSR count). The third kappa shape index (κ3) is 1.44. The van der Waals surface area contributed by atoms with Crippen molar-refractivity contribution in [3.05, 3.63) is 23.8 Å². The van der Waals surface area contributed by atoms with Crippen LogP contribution in [-0.4, -0.2) is 21.1 Å². The van der Waals surface area contributed by atoms with Crippen molar-refractivity contribution < 1.29 is 9.21 Å². The first-order valence-corrected chi connectivity index (χ1v) is 5.23. The van der Waals surface area contributed by atoms with Gasteiger partial charge in [0.1, 0.15) is 0 Å². The molecule has 1 aliphatic rings. The first-order valence-electron chi connectivity index (χ1n) is 5.23. The normalized spacial score (nSPS) is 15.3. The number of aldehydes is 1. The van der Waals surface area contributed by atoms with Crippen LogP contribution in [0.15, 0.2) is 16.8 Å². The Balaban J connectivity index is 2.04. The predicted molar refractivity (Wildman–Crippen MR) is 56.1 cm³/mol. The van der Waals surface area contributed by atoms with Gasteiger partial charge in [-0.05, 0) is 12.8 Å². The van der Waals surface area contributed by atoms with Crippen molar-refractivity contribution in [3.63, 3.8) is 0 Å². The summed E-state index contributed by atoms with van der Waals surface area (Å²) in [6, 6.07) is 0. The monoisotopic (exact) mass is 217 g/mol. The Kier molecular flexibility index (Phi) is 1.92. The molecule has 0 bridgehead atoms. The summed E-state index contributed by atoms with van der Waals surface area (Å²) in [7, 11) is 1.83. The summed E-state index contributed by atoms with van der Waals surface area (Å²) >= 11 is 0. The topological polar surface area (TPSA) is 60.9 Å². The van der Waals surface area contributed by atoms with E-state index in [0.717, 1.165) is 30.4 Å². The van der Waals surface area contributed by atoms with E-state index < -0.39 is 0 Å². The number of hydrogen-bond donors (Lipinski definition) is 0. The van der Waals surface area contributed by atoms with Gasteiger partial charge in [-0.2, -0.15) is 5.10 Å². The van der Waals surface area contributed by atoms with Gasteiger partial charge in [0.2, 0.25) is 5.89 Å². The fraction of sp³-hybridized carbons (Fsp3) is 0.364. The van der Waals surface area contributed by atoms with E-state index in [-0.39, 0.29) is 0 Å². The zero-order valence-electron chi connectivity index (χ0n) is 8.88. The van der Waals surface area contributed by atoms with Crippen LogP contribution >= 0.6 is 0 Å². The minimum Gasteiger partial charge on any atom is -0.433 e. The quantitative estimate of drug-likeness (QED) is 0.735. The molecule has 0 N–H and O–H groups in total. The second-order valence-electron chi connectivity index (χ2n) is 4.06. The Morgan fingerprint density at radius 3 is 2.94 bits per heavy atom.